The van der Waals surface area contributed by atoms with E-state index >= 15 is 0 Å². The predicted octanol–water partition coefficient (Wildman–Crippen LogP) is 1.22. The average Bonchev–Trinajstić information content (AvgIpc) is 2.41. The van der Waals surface area contributed by atoms with Crippen LogP contribution in [0, 0.1) is 5.41 Å². The molecule has 0 aromatic rings. The third-order valence-corrected chi connectivity index (χ3v) is 2.65. The molecule has 0 aliphatic rings. The SMILES string of the molecule is C=C/C=C/CC(CCCO)(C(=O)OC)C(=O)OC. The molecule has 0 atom stereocenters. The summed E-state index contributed by atoms with van der Waals surface area (Å²) < 4.78 is 9.37. The number of ether oxygens (including phenoxy) is 2. The lowest BCUT2D eigenvalue weighted by molar-refractivity contribution is -0.169. The maximum atomic E-state index is 11.9. The first-order valence-electron chi connectivity index (χ1n) is 5.64. The molecule has 0 fully saturated rings. The van der Waals surface area contributed by atoms with E-state index in [-0.39, 0.29) is 19.4 Å². The molecule has 0 aliphatic carbocycles. The Balaban J connectivity index is 5.23. The molecule has 0 spiro atoms. The van der Waals surface area contributed by atoms with Gasteiger partial charge in [-0.25, -0.2) is 0 Å². The largest absolute Gasteiger partial charge is 0.468 e. The Morgan fingerprint density at radius 2 is 1.83 bits per heavy atom. The molecule has 0 saturated carbocycles. The lowest BCUT2D eigenvalue weighted by Crippen LogP contribution is -2.41. The molecule has 0 aliphatic heterocycles. The zero-order chi connectivity index (χ0) is 14.0. The smallest absolute Gasteiger partial charge is 0.323 e. The minimum Gasteiger partial charge on any atom is -0.468 e. The van der Waals surface area contributed by atoms with Gasteiger partial charge in [0.05, 0.1) is 14.2 Å². The molecule has 0 aromatic heterocycles. The van der Waals surface area contributed by atoms with E-state index in [1.165, 1.54) is 14.2 Å². The third-order valence-electron chi connectivity index (χ3n) is 2.65. The standard InChI is InChI=1S/C13H20O5/c1-4-5-6-8-13(9-7-10-14,11(15)17-2)12(16)18-3/h4-6,14H,1,7-10H2,2-3H3/b6-5+. The molecule has 0 rings (SSSR count). The van der Waals surface area contributed by atoms with Crippen LogP contribution in [0.5, 0.6) is 0 Å². The molecule has 18 heavy (non-hydrogen) atoms. The number of hydrogen-bond acceptors (Lipinski definition) is 5. The molecule has 0 unspecified atom stereocenters. The van der Waals surface area contributed by atoms with Gasteiger partial charge in [-0.3, -0.25) is 9.59 Å². The number of methoxy groups -OCH3 is 2. The first-order valence-corrected chi connectivity index (χ1v) is 5.64. The minimum absolute atomic E-state index is 0.110. The van der Waals surface area contributed by atoms with Gasteiger partial charge in [0.2, 0.25) is 0 Å². The fraction of sp³-hybridized carbons (Fsp3) is 0.538. The zero-order valence-electron chi connectivity index (χ0n) is 10.8. The Labute approximate surface area is 107 Å². The van der Waals surface area contributed by atoms with E-state index in [1.54, 1.807) is 18.2 Å². The van der Waals surface area contributed by atoms with E-state index in [0.717, 1.165) is 0 Å². The molecular weight excluding hydrogens is 236 g/mol. The second kappa shape index (κ2) is 8.47. The fourth-order valence-electron chi connectivity index (χ4n) is 1.69. The summed E-state index contributed by atoms with van der Waals surface area (Å²) in [6.07, 6.45) is 5.47. The van der Waals surface area contributed by atoms with Crippen molar-refractivity contribution in [1.82, 2.24) is 0 Å². The molecular formula is C13H20O5. The van der Waals surface area contributed by atoms with Gasteiger partial charge < -0.3 is 14.6 Å². The number of rotatable bonds is 8. The van der Waals surface area contributed by atoms with Gasteiger partial charge in [0.1, 0.15) is 0 Å². The number of carbonyl (C=O) groups excluding carboxylic acids is 2. The molecule has 0 aromatic carbocycles. The van der Waals surface area contributed by atoms with Gasteiger partial charge in [0.25, 0.3) is 0 Å². The molecule has 0 heterocycles. The van der Waals surface area contributed by atoms with Gasteiger partial charge in [0.15, 0.2) is 5.41 Å². The second-order valence-electron chi connectivity index (χ2n) is 3.76. The molecule has 0 amide bonds. The Bertz CT molecular complexity index is 303. The summed E-state index contributed by atoms with van der Waals surface area (Å²) >= 11 is 0. The summed E-state index contributed by atoms with van der Waals surface area (Å²) in [5.41, 5.74) is -1.40. The van der Waals surface area contributed by atoms with E-state index in [4.69, 9.17) is 5.11 Å². The summed E-state index contributed by atoms with van der Waals surface area (Å²) in [4.78, 5) is 23.7. The first kappa shape index (κ1) is 16.4. The Morgan fingerprint density at radius 1 is 1.28 bits per heavy atom. The highest BCUT2D eigenvalue weighted by Crippen LogP contribution is 2.32. The van der Waals surface area contributed by atoms with Crippen LogP contribution in [0.2, 0.25) is 0 Å². The van der Waals surface area contributed by atoms with Gasteiger partial charge >= 0.3 is 11.9 Å². The van der Waals surface area contributed by atoms with E-state index < -0.39 is 17.4 Å². The van der Waals surface area contributed by atoms with Crippen molar-refractivity contribution in [2.24, 2.45) is 5.41 Å². The van der Waals surface area contributed by atoms with Crippen molar-refractivity contribution in [2.45, 2.75) is 19.3 Å². The van der Waals surface area contributed by atoms with Crippen LogP contribution in [0.15, 0.2) is 24.8 Å². The summed E-state index contributed by atoms with van der Waals surface area (Å²) in [5.74, 6) is -1.31. The van der Waals surface area contributed by atoms with Gasteiger partial charge in [-0.2, -0.15) is 0 Å². The maximum absolute atomic E-state index is 11.9. The van der Waals surface area contributed by atoms with Crippen molar-refractivity contribution in [2.75, 3.05) is 20.8 Å². The number of esters is 2. The zero-order valence-corrected chi connectivity index (χ0v) is 10.8. The van der Waals surface area contributed by atoms with Crippen LogP contribution in [0.3, 0.4) is 0 Å². The van der Waals surface area contributed by atoms with E-state index in [0.29, 0.717) is 6.42 Å². The van der Waals surface area contributed by atoms with Gasteiger partial charge in [-0.1, -0.05) is 24.8 Å². The van der Waals surface area contributed by atoms with E-state index in [2.05, 4.69) is 16.1 Å². The van der Waals surface area contributed by atoms with Crippen molar-refractivity contribution < 1.29 is 24.2 Å². The van der Waals surface area contributed by atoms with Crippen LogP contribution in [-0.4, -0.2) is 37.9 Å². The molecule has 102 valence electrons. The molecule has 0 bridgehead atoms. The van der Waals surface area contributed by atoms with E-state index in [9.17, 15) is 9.59 Å². The van der Waals surface area contributed by atoms with E-state index in [1.807, 2.05) is 0 Å². The minimum atomic E-state index is -1.40. The van der Waals surface area contributed by atoms with Gasteiger partial charge in [0, 0.05) is 6.61 Å². The van der Waals surface area contributed by atoms with Crippen molar-refractivity contribution in [3.8, 4) is 0 Å². The van der Waals surface area contributed by atoms with Crippen LogP contribution in [0.4, 0.5) is 0 Å². The molecule has 5 heteroatoms. The number of allylic oxidation sites excluding steroid dienone is 3. The quantitative estimate of drug-likeness (QED) is 0.401. The van der Waals surface area contributed by atoms with Crippen LogP contribution in [0.25, 0.3) is 0 Å². The van der Waals surface area contributed by atoms with Crippen LogP contribution < -0.4 is 0 Å². The Morgan fingerprint density at radius 3 is 2.22 bits per heavy atom. The number of aliphatic hydroxyl groups is 1. The monoisotopic (exact) mass is 256 g/mol. The lowest BCUT2D eigenvalue weighted by Gasteiger charge is -2.26. The summed E-state index contributed by atoms with van der Waals surface area (Å²) in [6.45, 7) is 3.40. The van der Waals surface area contributed by atoms with Crippen molar-refractivity contribution in [3.05, 3.63) is 24.8 Å². The lowest BCUT2D eigenvalue weighted by atomic mass is 9.79. The van der Waals surface area contributed by atoms with Crippen molar-refractivity contribution in [3.63, 3.8) is 0 Å². The Hall–Kier alpha value is -1.62. The highest BCUT2D eigenvalue weighted by molar-refractivity contribution is 6.00. The van der Waals surface area contributed by atoms with Gasteiger partial charge in [-0.15, -0.1) is 0 Å². The predicted molar refractivity (Wildman–Crippen MR) is 66.7 cm³/mol. The number of hydrogen-bond donors (Lipinski definition) is 1. The normalized spacial score (nSPS) is 11.3. The number of carbonyl (C=O) groups is 2. The molecule has 1 N–H and O–H groups in total. The second-order valence-corrected chi connectivity index (χ2v) is 3.76. The molecule has 5 nitrogen and oxygen atoms in total. The number of aliphatic hydroxyl groups excluding tert-OH is 1. The van der Waals surface area contributed by atoms with Gasteiger partial charge in [-0.05, 0) is 19.3 Å². The highest BCUT2D eigenvalue weighted by Gasteiger charge is 2.46. The summed E-state index contributed by atoms with van der Waals surface area (Å²) in [6, 6.07) is 0. The van der Waals surface area contributed by atoms with Crippen molar-refractivity contribution in [1.29, 1.82) is 0 Å². The fourth-order valence-corrected chi connectivity index (χ4v) is 1.69. The topological polar surface area (TPSA) is 72.8 Å². The van der Waals surface area contributed by atoms with Crippen LogP contribution >= 0.6 is 0 Å². The van der Waals surface area contributed by atoms with Crippen LogP contribution in [0.1, 0.15) is 19.3 Å². The van der Waals surface area contributed by atoms with Crippen molar-refractivity contribution >= 4 is 11.9 Å². The Kier molecular flexibility index (Phi) is 7.71. The van der Waals surface area contributed by atoms with Crippen LogP contribution in [-0.2, 0) is 19.1 Å². The molecule has 0 radical (unpaired) electrons. The third kappa shape index (κ3) is 4.00. The first-order chi connectivity index (χ1) is 8.58. The highest BCUT2D eigenvalue weighted by atomic mass is 16.5. The molecule has 0 saturated heterocycles. The summed E-state index contributed by atoms with van der Waals surface area (Å²) in [5, 5.41) is 8.87. The maximum Gasteiger partial charge on any atom is 0.323 e. The average molecular weight is 256 g/mol. The summed E-state index contributed by atoms with van der Waals surface area (Å²) in [7, 11) is 2.44.